The largest absolute Gasteiger partial charge is 0.497 e. The average Bonchev–Trinajstić information content (AvgIpc) is 3.28. The summed E-state index contributed by atoms with van der Waals surface area (Å²) in [4.78, 5) is 2.33. The quantitative estimate of drug-likeness (QED) is 0.752. The maximum atomic E-state index is 5.78. The van der Waals surface area contributed by atoms with Crippen molar-refractivity contribution in [2.75, 3.05) is 25.2 Å². The first-order chi connectivity index (χ1) is 9.86. The fourth-order valence-corrected chi connectivity index (χ4v) is 2.32. The predicted octanol–water partition coefficient (Wildman–Crippen LogP) is 3.10. The molecule has 3 heteroatoms. The second-order valence-corrected chi connectivity index (χ2v) is 5.01. The second-order valence-electron chi connectivity index (χ2n) is 5.01. The zero-order valence-corrected chi connectivity index (χ0v) is 11.7. The minimum absolute atomic E-state index is 0.491. The standard InChI is InChI=1S/C17H19NO2/c1-19-17-9-5-8-15(10-17)18-11-16(18)13-20-12-14-6-3-2-4-7-14/h2-10,16H,11-13H2,1H3. The van der Waals surface area contributed by atoms with Crippen molar-refractivity contribution >= 4 is 5.69 Å². The van der Waals surface area contributed by atoms with Gasteiger partial charge in [0.25, 0.3) is 0 Å². The summed E-state index contributed by atoms with van der Waals surface area (Å²) >= 11 is 0. The Morgan fingerprint density at radius 3 is 2.75 bits per heavy atom. The minimum Gasteiger partial charge on any atom is -0.497 e. The Kier molecular flexibility index (Phi) is 3.88. The molecular weight excluding hydrogens is 250 g/mol. The van der Waals surface area contributed by atoms with E-state index < -0.39 is 0 Å². The smallest absolute Gasteiger partial charge is 0.120 e. The average molecular weight is 269 g/mol. The number of benzene rings is 2. The summed E-state index contributed by atoms with van der Waals surface area (Å²) in [6.45, 7) is 2.51. The molecule has 1 atom stereocenters. The highest BCUT2D eigenvalue weighted by Gasteiger charge is 2.34. The lowest BCUT2D eigenvalue weighted by Gasteiger charge is -2.08. The monoisotopic (exact) mass is 269 g/mol. The fraction of sp³-hybridized carbons (Fsp3) is 0.294. The third kappa shape index (κ3) is 3.11. The second kappa shape index (κ2) is 5.97. The molecule has 0 radical (unpaired) electrons. The molecule has 0 aromatic heterocycles. The van der Waals surface area contributed by atoms with Gasteiger partial charge in [-0.05, 0) is 17.7 Å². The Labute approximate surface area is 119 Å². The summed E-state index contributed by atoms with van der Waals surface area (Å²) in [5, 5.41) is 0. The van der Waals surface area contributed by atoms with E-state index in [0.29, 0.717) is 12.6 Å². The predicted molar refractivity (Wildman–Crippen MR) is 80.2 cm³/mol. The van der Waals surface area contributed by atoms with Gasteiger partial charge in [-0.15, -0.1) is 0 Å². The normalized spacial score (nSPS) is 17.1. The van der Waals surface area contributed by atoms with Gasteiger partial charge < -0.3 is 14.4 Å². The lowest BCUT2D eigenvalue weighted by Crippen LogP contribution is -2.07. The molecule has 1 aliphatic rings. The van der Waals surface area contributed by atoms with Crippen molar-refractivity contribution in [3.8, 4) is 5.75 Å². The Morgan fingerprint density at radius 1 is 1.10 bits per heavy atom. The molecule has 1 unspecified atom stereocenters. The van der Waals surface area contributed by atoms with Gasteiger partial charge in [-0.2, -0.15) is 0 Å². The van der Waals surface area contributed by atoms with Gasteiger partial charge in [0, 0.05) is 18.3 Å². The van der Waals surface area contributed by atoms with Gasteiger partial charge in [0.2, 0.25) is 0 Å². The van der Waals surface area contributed by atoms with Gasteiger partial charge in [0.05, 0.1) is 26.4 Å². The van der Waals surface area contributed by atoms with Crippen LogP contribution in [0.5, 0.6) is 5.75 Å². The van der Waals surface area contributed by atoms with E-state index in [-0.39, 0.29) is 0 Å². The van der Waals surface area contributed by atoms with E-state index in [4.69, 9.17) is 9.47 Å². The summed E-state index contributed by atoms with van der Waals surface area (Å²) < 4.78 is 11.0. The highest BCUT2D eigenvalue weighted by atomic mass is 16.5. The van der Waals surface area contributed by atoms with Gasteiger partial charge in [-0.3, -0.25) is 0 Å². The summed E-state index contributed by atoms with van der Waals surface area (Å²) in [6.07, 6.45) is 0. The number of anilines is 1. The summed E-state index contributed by atoms with van der Waals surface area (Å²) in [7, 11) is 1.70. The van der Waals surface area contributed by atoms with E-state index in [1.54, 1.807) is 7.11 Å². The molecule has 104 valence electrons. The molecule has 3 rings (SSSR count). The zero-order chi connectivity index (χ0) is 13.8. The molecule has 1 fully saturated rings. The molecule has 1 heterocycles. The molecule has 3 nitrogen and oxygen atoms in total. The SMILES string of the molecule is COc1cccc(N2CC2COCc2ccccc2)c1. The van der Waals surface area contributed by atoms with Gasteiger partial charge in [-0.25, -0.2) is 0 Å². The van der Waals surface area contributed by atoms with Crippen molar-refractivity contribution in [3.05, 3.63) is 60.2 Å². The Balaban J connectivity index is 1.47. The van der Waals surface area contributed by atoms with Crippen LogP contribution in [0.1, 0.15) is 5.56 Å². The lowest BCUT2D eigenvalue weighted by molar-refractivity contribution is 0.124. The molecule has 0 N–H and O–H groups in total. The molecule has 2 aromatic rings. The minimum atomic E-state index is 0.491. The van der Waals surface area contributed by atoms with E-state index in [2.05, 4.69) is 29.2 Å². The first-order valence-corrected chi connectivity index (χ1v) is 6.89. The van der Waals surface area contributed by atoms with Gasteiger partial charge in [0.15, 0.2) is 0 Å². The van der Waals surface area contributed by atoms with E-state index >= 15 is 0 Å². The number of ether oxygens (including phenoxy) is 2. The Hall–Kier alpha value is -2.00. The van der Waals surface area contributed by atoms with Gasteiger partial charge in [-0.1, -0.05) is 36.4 Å². The van der Waals surface area contributed by atoms with Gasteiger partial charge in [0.1, 0.15) is 5.75 Å². The first kappa shape index (κ1) is 13.0. The molecule has 20 heavy (non-hydrogen) atoms. The molecule has 0 bridgehead atoms. The number of methoxy groups -OCH3 is 1. The van der Waals surface area contributed by atoms with Gasteiger partial charge >= 0.3 is 0 Å². The topological polar surface area (TPSA) is 21.5 Å². The number of nitrogens with zero attached hydrogens (tertiary/aromatic N) is 1. The van der Waals surface area contributed by atoms with E-state index in [9.17, 15) is 0 Å². The molecule has 0 saturated carbocycles. The van der Waals surface area contributed by atoms with Crippen molar-refractivity contribution in [1.82, 2.24) is 0 Å². The molecule has 0 spiro atoms. The number of hydrogen-bond acceptors (Lipinski definition) is 3. The van der Waals surface area contributed by atoms with Crippen molar-refractivity contribution in [2.24, 2.45) is 0 Å². The fourth-order valence-electron chi connectivity index (χ4n) is 2.32. The van der Waals surface area contributed by atoms with Crippen molar-refractivity contribution in [1.29, 1.82) is 0 Å². The highest BCUT2D eigenvalue weighted by Crippen LogP contribution is 2.30. The van der Waals surface area contributed by atoms with Crippen LogP contribution in [-0.2, 0) is 11.3 Å². The molecule has 1 aliphatic heterocycles. The summed E-state index contributed by atoms with van der Waals surface area (Å²) in [5.74, 6) is 0.901. The van der Waals surface area contributed by atoms with Crippen LogP contribution in [0, 0.1) is 0 Å². The number of hydrogen-bond donors (Lipinski definition) is 0. The van der Waals surface area contributed by atoms with Crippen LogP contribution in [0.15, 0.2) is 54.6 Å². The molecule has 2 aromatic carbocycles. The Morgan fingerprint density at radius 2 is 1.95 bits per heavy atom. The lowest BCUT2D eigenvalue weighted by atomic mass is 10.2. The van der Waals surface area contributed by atoms with Crippen molar-refractivity contribution < 1.29 is 9.47 Å². The van der Waals surface area contributed by atoms with Crippen LogP contribution in [0.25, 0.3) is 0 Å². The maximum Gasteiger partial charge on any atom is 0.120 e. The van der Waals surface area contributed by atoms with Crippen LogP contribution < -0.4 is 9.64 Å². The zero-order valence-electron chi connectivity index (χ0n) is 11.7. The van der Waals surface area contributed by atoms with Crippen LogP contribution in [-0.4, -0.2) is 26.3 Å². The highest BCUT2D eigenvalue weighted by molar-refractivity contribution is 5.56. The molecule has 0 aliphatic carbocycles. The molecule has 1 saturated heterocycles. The molecular formula is C17H19NO2. The van der Waals surface area contributed by atoms with Crippen LogP contribution in [0.3, 0.4) is 0 Å². The maximum absolute atomic E-state index is 5.78. The third-order valence-electron chi connectivity index (χ3n) is 3.52. The number of rotatable bonds is 6. The van der Waals surface area contributed by atoms with Crippen LogP contribution in [0.4, 0.5) is 5.69 Å². The van der Waals surface area contributed by atoms with E-state index in [0.717, 1.165) is 18.9 Å². The van der Waals surface area contributed by atoms with Crippen molar-refractivity contribution in [2.45, 2.75) is 12.6 Å². The summed E-state index contributed by atoms with van der Waals surface area (Å²) in [5.41, 5.74) is 2.43. The van der Waals surface area contributed by atoms with Crippen LogP contribution in [0.2, 0.25) is 0 Å². The van der Waals surface area contributed by atoms with E-state index in [1.165, 1.54) is 11.3 Å². The van der Waals surface area contributed by atoms with Crippen molar-refractivity contribution in [3.63, 3.8) is 0 Å². The Bertz CT molecular complexity index is 556. The van der Waals surface area contributed by atoms with Crippen LogP contribution >= 0.6 is 0 Å². The third-order valence-corrected chi connectivity index (χ3v) is 3.52. The molecule has 0 amide bonds. The van der Waals surface area contributed by atoms with E-state index in [1.807, 2.05) is 30.3 Å². The first-order valence-electron chi connectivity index (χ1n) is 6.89. The summed E-state index contributed by atoms with van der Waals surface area (Å²) in [6, 6.07) is 18.9.